The van der Waals surface area contributed by atoms with Gasteiger partial charge < -0.3 is 10.2 Å². The second kappa shape index (κ2) is 6.58. The third-order valence-corrected chi connectivity index (χ3v) is 5.68. The van der Waals surface area contributed by atoms with E-state index in [2.05, 4.69) is 11.4 Å². The molecule has 3 aliphatic rings. The van der Waals surface area contributed by atoms with E-state index in [4.69, 9.17) is 0 Å². The van der Waals surface area contributed by atoms with Gasteiger partial charge >= 0.3 is 0 Å². The summed E-state index contributed by atoms with van der Waals surface area (Å²) in [6, 6.07) is 6.25. The Kier molecular flexibility index (Phi) is 4.30. The van der Waals surface area contributed by atoms with E-state index in [0.29, 0.717) is 6.54 Å². The molecule has 0 aromatic heterocycles. The Hall–Kier alpha value is -1.84. The smallest absolute Gasteiger partial charge is 0.229 e. The van der Waals surface area contributed by atoms with Gasteiger partial charge in [-0.15, -0.1) is 0 Å². The first-order valence-corrected chi connectivity index (χ1v) is 9.43. The number of nitrogens with zero attached hydrogens (tertiary/aromatic N) is 1. The fraction of sp³-hybridized carbons (Fsp3) is 0.600. The lowest BCUT2D eigenvalue weighted by atomic mass is 9.90. The van der Waals surface area contributed by atoms with Crippen molar-refractivity contribution >= 4 is 17.5 Å². The van der Waals surface area contributed by atoms with E-state index < -0.39 is 0 Å². The van der Waals surface area contributed by atoms with Gasteiger partial charge in [-0.05, 0) is 68.6 Å². The SMILES string of the molecule is O=C(Nc1cccc2c1CCCC2)C1CCCN(C(=O)C2CC2)C1. The van der Waals surface area contributed by atoms with Crippen LogP contribution in [-0.4, -0.2) is 29.8 Å². The first kappa shape index (κ1) is 15.7. The molecule has 2 aliphatic carbocycles. The summed E-state index contributed by atoms with van der Waals surface area (Å²) in [6.45, 7) is 1.41. The summed E-state index contributed by atoms with van der Waals surface area (Å²) in [5.41, 5.74) is 3.69. The minimum absolute atomic E-state index is 0.0686. The van der Waals surface area contributed by atoms with Crippen molar-refractivity contribution in [2.75, 3.05) is 18.4 Å². The summed E-state index contributed by atoms with van der Waals surface area (Å²) < 4.78 is 0. The second-order valence-electron chi connectivity index (χ2n) is 7.54. The lowest BCUT2D eigenvalue weighted by molar-refractivity contribution is -0.135. The largest absolute Gasteiger partial charge is 0.342 e. The molecule has 0 spiro atoms. The van der Waals surface area contributed by atoms with Gasteiger partial charge in [-0.3, -0.25) is 9.59 Å². The minimum atomic E-state index is -0.0686. The Balaban J connectivity index is 1.43. The number of hydrogen-bond acceptors (Lipinski definition) is 2. The molecule has 1 aliphatic heterocycles. The summed E-state index contributed by atoms with van der Waals surface area (Å²) >= 11 is 0. The van der Waals surface area contributed by atoms with Crippen LogP contribution in [0.1, 0.15) is 49.7 Å². The summed E-state index contributed by atoms with van der Waals surface area (Å²) in [4.78, 5) is 27.0. The Bertz CT molecular complexity index is 651. The van der Waals surface area contributed by atoms with E-state index in [1.54, 1.807) is 0 Å². The number of hydrogen-bond donors (Lipinski definition) is 1. The van der Waals surface area contributed by atoms with E-state index >= 15 is 0 Å². The van der Waals surface area contributed by atoms with Crippen LogP contribution in [0, 0.1) is 11.8 Å². The predicted molar refractivity (Wildman–Crippen MR) is 93.7 cm³/mol. The van der Waals surface area contributed by atoms with Crippen molar-refractivity contribution in [2.24, 2.45) is 11.8 Å². The van der Waals surface area contributed by atoms with Crippen LogP contribution in [0.5, 0.6) is 0 Å². The molecule has 2 amide bonds. The molecular weight excluding hydrogens is 300 g/mol. The topological polar surface area (TPSA) is 49.4 Å². The van der Waals surface area contributed by atoms with Crippen LogP contribution in [-0.2, 0) is 22.4 Å². The standard InChI is InChI=1S/C20H26N2O2/c23-19(16-7-4-12-22(13-16)20(24)15-10-11-15)21-18-9-3-6-14-5-1-2-8-17(14)18/h3,6,9,15-16H,1-2,4-5,7-8,10-13H2,(H,21,23). The highest BCUT2D eigenvalue weighted by Gasteiger charge is 2.36. The number of benzene rings is 1. The third kappa shape index (κ3) is 3.19. The summed E-state index contributed by atoms with van der Waals surface area (Å²) in [5, 5.41) is 3.17. The fourth-order valence-electron chi connectivity index (χ4n) is 4.11. The molecule has 1 atom stereocenters. The van der Waals surface area contributed by atoms with Gasteiger partial charge in [-0.2, -0.15) is 0 Å². The van der Waals surface area contributed by atoms with Crippen LogP contribution in [0.15, 0.2) is 18.2 Å². The normalized spacial score (nSPS) is 23.5. The van der Waals surface area contributed by atoms with Crippen LogP contribution in [0.4, 0.5) is 5.69 Å². The van der Waals surface area contributed by atoms with Crippen LogP contribution in [0.25, 0.3) is 0 Å². The summed E-state index contributed by atoms with van der Waals surface area (Å²) in [5.74, 6) is 0.528. The molecule has 24 heavy (non-hydrogen) atoms. The van der Waals surface area contributed by atoms with Crippen molar-refractivity contribution in [1.29, 1.82) is 0 Å². The van der Waals surface area contributed by atoms with Crippen LogP contribution in [0.2, 0.25) is 0 Å². The number of likely N-dealkylation sites (tertiary alicyclic amines) is 1. The maximum Gasteiger partial charge on any atom is 0.229 e. The molecule has 1 aromatic rings. The quantitative estimate of drug-likeness (QED) is 0.927. The highest BCUT2D eigenvalue weighted by atomic mass is 16.2. The number of amides is 2. The van der Waals surface area contributed by atoms with Gasteiger partial charge in [0.15, 0.2) is 0 Å². The highest BCUT2D eigenvalue weighted by molar-refractivity contribution is 5.94. The lowest BCUT2D eigenvalue weighted by Gasteiger charge is -2.32. The van der Waals surface area contributed by atoms with Gasteiger partial charge in [-0.25, -0.2) is 0 Å². The van der Waals surface area contributed by atoms with Crippen molar-refractivity contribution in [3.8, 4) is 0 Å². The van der Waals surface area contributed by atoms with Crippen LogP contribution >= 0.6 is 0 Å². The zero-order valence-corrected chi connectivity index (χ0v) is 14.2. The molecule has 4 rings (SSSR count). The number of carbonyl (C=O) groups excluding carboxylic acids is 2. The molecule has 1 heterocycles. The average molecular weight is 326 g/mol. The molecule has 128 valence electrons. The molecule has 1 unspecified atom stereocenters. The lowest BCUT2D eigenvalue weighted by Crippen LogP contribution is -2.44. The van der Waals surface area contributed by atoms with E-state index in [0.717, 1.165) is 50.8 Å². The average Bonchev–Trinajstić information content (AvgIpc) is 3.47. The fourth-order valence-corrected chi connectivity index (χ4v) is 4.11. The minimum Gasteiger partial charge on any atom is -0.342 e. The zero-order valence-electron chi connectivity index (χ0n) is 14.2. The molecule has 1 aromatic carbocycles. The van der Waals surface area contributed by atoms with Gasteiger partial charge in [0, 0.05) is 24.7 Å². The van der Waals surface area contributed by atoms with Crippen LogP contribution in [0.3, 0.4) is 0 Å². The monoisotopic (exact) mass is 326 g/mol. The number of aryl methyl sites for hydroxylation is 1. The molecule has 1 N–H and O–H groups in total. The van der Waals surface area contributed by atoms with Gasteiger partial charge in [0.1, 0.15) is 0 Å². The Morgan fingerprint density at radius 1 is 1.00 bits per heavy atom. The Labute approximate surface area is 143 Å². The van der Waals surface area contributed by atoms with Crippen LogP contribution < -0.4 is 5.32 Å². The number of carbonyl (C=O) groups is 2. The molecule has 0 radical (unpaired) electrons. The van der Waals surface area contributed by atoms with Crippen molar-refractivity contribution in [2.45, 2.75) is 51.4 Å². The number of fused-ring (bicyclic) bond motifs is 1. The molecule has 1 saturated carbocycles. The van der Waals surface area contributed by atoms with Crippen molar-refractivity contribution < 1.29 is 9.59 Å². The zero-order chi connectivity index (χ0) is 16.5. The Morgan fingerprint density at radius 3 is 2.67 bits per heavy atom. The summed E-state index contributed by atoms with van der Waals surface area (Å²) in [7, 11) is 0. The molecule has 4 nitrogen and oxygen atoms in total. The van der Waals surface area contributed by atoms with Gasteiger partial charge in [0.2, 0.25) is 11.8 Å². The maximum absolute atomic E-state index is 12.8. The van der Waals surface area contributed by atoms with Crippen molar-refractivity contribution in [1.82, 2.24) is 4.90 Å². The van der Waals surface area contributed by atoms with E-state index in [-0.39, 0.29) is 23.7 Å². The van der Waals surface area contributed by atoms with Gasteiger partial charge in [0.25, 0.3) is 0 Å². The number of anilines is 1. The molecule has 1 saturated heterocycles. The van der Waals surface area contributed by atoms with Crippen molar-refractivity contribution in [3.63, 3.8) is 0 Å². The predicted octanol–water partition coefficient (Wildman–Crippen LogP) is 3.15. The Morgan fingerprint density at radius 2 is 1.83 bits per heavy atom. The van der Waals surface area contributed by atoms with E-state index in [9.17, 15) is 9.59 Å². The molecule has 0 bridgehead atoms. The highest BCUT2D eigenvalue weighted by Crippen LogP contribution is 2.33. The van der Waals surface area contributed by atoms with Crippen molar-refractivity contribution in [3.05, 3.63) is 29.3 Å². The van der Waals surface area contributed by atoms with Gasteiger partial charge in [0.05, 0.1) is 5.92 Å². The molecule has 2 fully saturated rings. The molecular formula is C20H26N2O2. The number of nitrogens with one attached hydrogen (secondary N) is 1. The number of piperidine rings is 1. The summed E-state index contributed by atoms with van der Waals surface area (Å²) in [6.07, 6.45) is 8.50. The second-order valence-corrected chi connectivity index (χ2v) is 7.54. The van der Waals surface area contributed by atoms with E-state index in [1.165, 1.54) is 24.0 Å². The first-order valence-electron chi connectivity index (χ1n) is 9.43. The van der Waals surface area contributed by atoms with Gasteiger partial charge in [-0.1, -0.05) is 12.1 Å². The van der Waals surface area contributed by atoms with E-state index in [1.807, 2.05) is 17.0 Å². The number of rotatable bonds is 3. The molecule has 4 heteroatoms. The third-order valence-electron chi connectivity index (χ3n) is 5.68. The maximum atomic E-state index is 12.8. The first-order chi connectivity index (χ1) is 11.7.